The molecule has 1 aliphatic rings. The summed E-state index contributed by atoms with van der Waals surface area (Å²) in [6, 6.07) is 13.3. The van der Waals surface area contributed by atoms with Crippen LogP contribution in [0.25, 0.3) is 0 Å². The zero-order valence-electron chi connectivity index (χ0n) is 11.4. The summed E-state index contributed by atoms with van der Waals surface area (Å²) in [4.78, 5) is 0. The number of nitrogens with one attached hydrogen (secondary N) is 1. The number of aryl methyl sites for hydroxylation is 1. The van der Waals surface area contributed by atoms with Crippen LogP contribution < -0.4 is 5.32 Å². The minimum atomic E-state index is -0.211. The number of halogens is 2. The van der Waals surface area contributed by atoms with Crippen molar-refractivity contribution >= 4 is 11.6 Å². The van der Waals surface area contributed by atoms with E-state index in [1.807, 2.05) is 6.07 Å². The van der Waals surface area contributed by atoms with Crippen LogP contribution in [0.2, 0.25) is 5.02 Å². The van der Waals surface area contributed by atoms with Crippen molar-refractivity contribution < 1.29 is 4.39 Å². The molecule has 0 unspecified atom stereocenters. The zero-order valence-corrected chi connectivity index (χ0v) is 12.2. The molecule has 0 spiro atoms. The molecule has 1 nitrogen and oxygen atoms in total. The normalized spacial score (nSPS) is 16.8. The van der Waals surface area contributed by atoms with Crippen LogP contribution in [0.4, 0.5) is 4.39 Å². The van der Waals surface area contributed by atoms with Crippen molar-refractivity contribution in [1.82, 2.24) is 5.32 Å². The van der Waals surface area contributed by atoms with Crippen LogP contribution in [0.1, 0.15) is 16.7 Å². The smallest absolute Gasteiger partial charge is 0.127 e. The first-order valence-corrected chi connectivity index (χ1v) is 7.19. The maximum Gasteiger partial charge on any atom is 0.127 e. The van der Waals surface area contributed by atoms with Crippen LogP contribution >= 0.6 is 11.6 Å². The van der Waals surface area contributed by atoms with Gasteiger partial charge in [0.05, 0.1) is 0 Å². The van der Waals surface area contributed by atoms with Crippen LogP contribution in [0.15, 0.2) is 42.5 Å². The Hall–Kier alpha value is -1.38. The quantitative estimate of drug-likeness (QED) is 0.904. The number of hydrogen-bond donors (Lipinski definition) is 1. The minimum Gasteiger partial charge on any atom is -0.315 e. The van der Waals surface area contributed by atoms with Crippen molar-refractivity contribution in [2.24, 2.45) is 0 Å². The molecule has 0 bridgehead atoms. The summed E-state index contributed by atoms with van der Waals surface area (Å²) < 4.78 is 14.1. The first kappa shape index (κ1) is 13.6. The Balaban J connectivity index is 1.96. The van der Waals surface area contributed by atoms with Crippen molar-refractivity contribution in [1.29, 1.82) is 0 Å². The molecule has 1 heterocycles. The van der Waals surface area contributed by atoms with Crippen LogP contribution in [-0.2, 0) is 11.8 Å². The van der Waals surface area contributed by atoms with Gasteiger partial charge >= 0.3 is 0 Å². The predicted molar refractivity (Wildman–Crippen MR) is 80.8 cm³/mol. The van der Waals surface area contributed by atoms with E-state index in [1.165, 1.54) is 17.2 Å². The summed E-state index contributed by atoms with van der Waals surface area (Å²) in [5, 5.41) is 3.78. The average Bonchev–Trinajstić information content (AvgIpc) is 2.37. The molecule has 20 heavy (non-hydrogen) atoms. The second-order valence-electron chi connectivity index (χ2n) is 5.61. The standard InChI is InChI=1S/C17H17ClFN/c1-12-4-2-3-5-15(12)17(10-20-11-17)9-13-6-7-14(18)8-16(13)19/h2-8,20H,9-11H2,1H3. The Bertz CT molecular complexity index is 635. The van der Waals surface area contributed by atoms with Gasteiger partial charge in [0.1, 0.15) is 5.82 Å². The Kier molecular flexibility index (Phi) is 3.53. The fourth-order valence-electron chi connectivity index (χ4n) is 3.03. The van der Waals surface area contributed by atoms with Gasteiger partial charge in [-0.2, -0.15) is 0 Å². The van der Waals surface area contributed by atoms with Gasteiger partial charge in [-0.3, -0.25) is 0 Å². The van der Waals surface area contributed by atoms with Gasteiger partial charge in [-0.05, 0) is 42.2 Å². The van der Waals surface area contributed by atoms with E-state index in [9.17, 15) is 4.39 Å². The van der Waals surface area contributed by atoms with Gasteiger partial charge < -0.3 is 5.32 Å². The van der Waals surface area contributed by atoms with E-state index >= 15 is 0 Å². The number of hydrogen-bond acceptors (Lipinski definition) is 1. The van der Waals surface area contributed by atoms with Crippen LogP contribution in [0.3, 0.4) is 0 Å². The number of benzene rings is 2. The highest BCUT2D eigenvalue weighted by Gasteiger charge is 2.40. The molecule has 1 saturated heterocycles. The van der Waals surface area contributed by atoms with E-state index in [2.05, 4.69) is 30.4 Å². The Morgan fingerprint density at radius 3 is 2.55 bits per heavy atom. The lowest BCUT2D eigenvalue weighted by molar-refractivity contribution is 0.271. The molecule has 2 aromatic rings. The highest BCUT2D eigenvalue weighted by molar-refractivity contribution is 6.30. The van der Waals surface area contributed by atoms with Gasteiger partial charge in [0.15, 0.2) is 0 Å². The highest BCUT2D eigenvalue weighted by Crippen LogP contribution is 2.35. The van der Waals surface area contributed by atoms with Crippen molar-refractivity contribution in [3.05, 3.63) is 70.0 Å². The Morgan fingerprint density at radius 2 is 1.95 bits per heavy atom. The third kappa shape index (κ3) is 2.34. The molecule has 0 radical (unpaired) electrons. The Labute approximate surface area is 123 Å². The first-order valence-electron chi connectivity index (χ1n) is 6.81. The van der Waals surface area contributed by atoms with E-state index in [0.717, 1.165) is 18.7 Å². The van der Waals surface area contributed by atoms with E-state index in [4.69, 9.17) is 11.6 Å². The molecule has 1 aliphatic heterocycles. The van der Waals surface area contributed by atoms with Crippen LogP contribution in [0, 0.1) is 12.7 Å². The molecule has 0 amide bonds. The van der Waals surface area contributed by atoms with Gasteiger partial charge in [-0.15, -0.1) is 0 Å². The van der Waals surface area contributed by atoms with Gasteiger partial charge in [-0.25, -0.2) is 4.39 Å². The lowest BCUT2D eigenvalue weighted by atomic mass is 9.69. The molecule has 3 rings (SSSR count). The van der Waals surface area contributed by atoms with Gasteiger partial charge in [0, 0.05) is 23.5 Å². The maximum atomic E-state index is 14.1. The Morgan fingerprint density at radius 1 is 1.20 bits per heavy atom. The molecule has 0 aliphatic carbocycles. The third-order valence-corrected chi connectivity index (χ3v) is 4.42. The summed E-state index contributed by atoms with van der Waals surface area (Å²) in [7, 11) is 0. The molecule has 0 atom stereocenters. The minimum absolute atomic E-state index is 0.0000128. The van der Waals surface area contributed by atoms with E-state index in [0.29, 0.717) is 11.4 Å². The SMILES string of the molecule is Cc1ccccc1C1(Cc2ccc(Cl)cc2F)CNC1. The van der Waals surface area contributed by atoms with Gasteiger partial charge in [-0.1, -0.05) is 41.9 Å². The average molecular weight is 290 g/mol. The third-order valence-electron chi connectivity index (χ3n) is 4.19. The summed E-state index contributed by atoms with van der Waals surface area (Å²) in [5.41, 5.74) is 3.32. The van der Waals surface area contributed by atoms with E-state index in [-0.39, 0.29) is 11.2 Å². The molecular formula is C17H17ClFN. The molecular weight excluding hydrogens is 273 g/mol. The monoisotopic (exact) mass is 289 g/mol. The fraction of sp³-hybridized carbons (Fsp3) is 0.294. The van der Waals surface area contributed by atoms with Gasteiger partial charge in [0.2, 0.25) is 0 Å². The van der Waals surface area contributed by atoms with E-state index in [1.54, 1.807) is 12.1 Å². The van der Waals surface area contributed by atoms with Crippen LogP contribution in [0.5, 0.6) is 0 Å². The van der Waals surface area contributed by atoms with Crippen molar-refractivity contribution in [2.45, 2.75) is 18.8 Å². The molecule has 1 fully saturated rings. The lowest BCUT2D eigenvalue weighted by Crippen LogP contribution is -2.58. The fourth-order valence-corrected chi connectivity index (χ4v) is 3.19. The van der Waals surface area contributed by atoms with E-state index < -0.39 is 0 Å². The second-order valence-corrected chi connectivity index (χ2v) is 6.05. The first-order chi connectivity index (χ1) is 9.61. The molecule has 3 heteroatoms. The topological polar surface area (TPSA) is 12.0 Å². The summed E-state index contributed by atoms with van der Waals surface area (Å²) in [5.74, 6) is -0.211. The summed E-state index contributed by atoms with van der Waals surface area (Å²) >= 11 is 5.83. The summed E-state index contributed by atoms with van der Waals surface area (Å²) in [6.45, 7) is 3.90. The molecule has 104 valence electrons. The predicted octanol–water partition coefficient (Wildman–Crippen LogP) is 3.87. The highest BCUT2D eigenvalue weighted by atomic mass is 35.5. The van der Waals surface area contributed by atoms with Crippen LogP contribution in [-0.4, -0.2) is 13.1 Å². The molecule has 0 aromatic heterocycles. The molecule has 2 aromatic carbocycles. The number of rotatable bonds is 3. The van der Waals surface area contributed by atoms with Crippen molar-refractivity contribution in [3.8, 4) is 0 Å². The van der Waals surface area contributed by atoms with Gasteiger partial charge in [0.25, 0.3) is 0 Å². The van der Waals surface area contributed by atoms with Crippen molar-refractivity contribution in [3.63, 3.8) is 0 Å². The largest absolute Gasteiger partial charge is 0.315 e. The molecule has 1 N–H and O–H groups in total. The zero-order chi connectivity index (χ0) is 14.2. The van der Waals surface area contributed by atoms with Crippen molar-refractivity contribution in [2.75, 3.05) is 13.1 Å². The lowest BCUT2D eigenvalue weighted by Gasteiger charge is -2.44. The summed E-state index contributed by atoms with van der Waals surface area (Å²) in [6.07, 6.45) is 0.702. The second kappa shape index (κ2) is 5.19. The maximum absolute atomic E-state index is 14.1. The molecule has 0 saturated carbocycles.